The second-order valence-electron chi connectivity index (χ2n) is 5.62. The molecule has 4 rings (SSSR count). The molecule has 0 aliphatic rings. The molecule has 132 valence electrons. The fourth-order valence-corrected chi connectivity index (χ4v) is 3.15. The highest BCUT2D eigenvalue weighted by atomic mass is 32.1. The number of imidazole rings is 1. The molecule has 26 heavy (non-hydrogen) atoms. The quantitative estimate of drug-likeness (QED) is 0.531. The molecule has 11 heteroatoms. The molecule has 0 aliphatic carbocycles. The Labute approximate surface area is 150 Å². The smallest absolute Gasteiger partial charge is 0.263 e. The maximum atomic E-state index is 12.4. The van der Waals surface area contributed by atoms with Crippen LogP contribution in [0.15, 0.2) is 41.4 Å². The van der Waals surface area contributed by atoms with Crippen LogP contribution in [0.3, 0.4) is 0 Å². The maximum Gasteiger partial charge on any atom is 0.263 e. The third-order valence-corrected chi connectivity index (χ3v) is 4.55. The van der Waals surface area contributed by atoms with Crippen molar-refractivity contribution in [3.63, 3.8) is 0 Å². The van der Waals surface area contributed by atoms with E-state index in [9.17, 15) is 9.59 Å². The van der Waals surface area contributed by atoms with Crippen LogP contribution in [-0.2, 0) is 6.54 Å². The van der Waals surface area contributed by atoms with Crippen LogP contribution in [0.25, 0.3) is 4.96 Å². The van der Waals surface area contributed by atoms with Crippen molar-refractivity contribution in [1.29, 1.82) is 0 Å². The number of nitrogens with one attached hydrogen (secondary N) is 2. The predicted molar refractivity (Wildman–Crippen MR) is 92.9 cm³/mol. The number of H-pyrrole nitrogens is 1. The lowest BCUT2D eigenvalue weighted by atomic mass is 10.2. The van der Waals surface area contributed by atoms with Gasteiger partial charge in [-0.1, -0.05) is 0 Å². The summed E-state index contributed by atoms with van der Waals surface area (Å²) in [5.41, 5.74) is 0.156. The number of hydrogen-bond acceptors (Lipinski definition) is 7. The SMILES string of the molecule is CC(NC(=O)c1cnc(Cn2cncn2)[nH]c1=O)c1cn2ccsc2n1. The minimum absolute atomic E-state index is 0.0554. The van der Waals surface area contributed by atoms with Gasteiger partial charge in [-0.3, -0.25) is 14.0 Å². The van der Waals surface area contributed by atoms with E-state index in [0.29, 0.717) is 5.82 Å². The molecule has 0 spiro atoms. The monoisotopic (exact) mass is 370 g/mol. The van der Waals surface area contributed by atoms with E-state index in [4.69, 9.17) is 0 Å². The third kappa shape index (κ3) is 3.11. The van der Waals surface area contributed by atoms with Crippen LogP contribution in [0.1, 0.15) is 34.8 Å². The molecule has 0 saturated heterocycles. The van der Waals surface area contributed by atoms with Crippen molar-refractivity contribution in [3.8, 4) is 0 Å². The third-order valence-electron chi connectivity index (χ3n) is 3.78. The van der Waals surface area contributed by atoms with E-state index in [1.807, 2.05) is 29.1 Å². The summed E-state index contributed by atoms with van der Waals surface area (Å²) in [4.78, 5) is 40.4. The van der Waals surface area contributed by atoms with E-state index in [2.05, 4.69) is 30.4 Å². The van der Waals surface area contributed by atoms with Gasteiger partial charge in [0, 0.05) is 24.0 Å². The number of fused-ring (bicyclic) bond motifs is 1. The molecule has 4 heterocycles. The molecule has 1 unspecified atom stereocenters. The molecule has 4 aromatic rings. The Bertz CT molecular complexity index is 1080. The first-order valence-electron chi connectivity index (χ1n) is 7.74. The lowest BCUT2D eigenvalue weighted by Crippen LogP contribution is -2.32. The van der Waals surface area contributed by atoms with Crippen molar-refractivity contribution >= 4 is 22.2 Å². The van der Waals surface area contributed by atoms with Gasteiger partial charge in [0.2, 0.25) is 0 Å². The van der Waals surface area contributed by atoms with Crippen LogP contribution >= 0.6 is 11.3 Å². The highest BCUT2D eigenvalue weighted by Gasteiger charge is 2.17. The van der Waals surface area contributed by atoms with Gasteiger partial charge in [0.15, 0.2) is 4.96 Å². The van der Waals surface area contributed by atoms with Gasteiger partial charge >= 0.3 is 0 Å². The van der Waals surface area contributed by atoms with Crippen LogP contribution in [-0.4, -0.2) is 40.0 Å². The number of nitrogens with zero attached hydrogens (tertiary/aromatic N) is 6. The van der Waals surface area contributed by atoms with E-state index in [1.165, 1.54) is 34.9 Å². The Morgan fingerprint density at radius 2 is 2.35 bits per heavy atom. The average molecular weight is 370 g/mol. The molecule has 0 aliphatic heterocycles. The number of amides is 1. The zero-order valence-electron chi connectivity index (χ0n) is 13.7. The van der Waals surface area contributed by atoms with E-state index in [1.54, 1.807) is 0 Å². The van der Waals surface area contributed by atoms with Gasteiger partial charge in [0.25, 0.3) is 11.5 Å². The topological polar surface area (TPSA) is 123 Å². The van der Waals surface area contributed by atoms with Crippen molar-refractivity contribution in [2.24, 2.45) is 0 Å². The molecule has 0 fully saturated rings. The van der Waals surface area contributed by atoms with Gasteiger partial charge < -0.3 is 10.3 Å². The first kappa shape index (κ1) is 16.1. The standard InChI is InChI=1S/C15H14N8O2S/c1-9(11-5-22-2-3-26-15(22)20-11)19-13(24)10-4-17-12(21-14(10)25)6-23-8-16-7-18-23/h2-5,7-9H,6H2,1H3,(H,19,24)(H,17,21,25). The Morgan fingerprint density at radius 1 is 1.46 bits per heavy atom. The van der Waals surface area contributed by atoms with Crippen molar-refractivity contribution < 1.29 is 4.79 Å². The Hall–Kier alpha value is -3.34. The molecule has 2 N–H and O–H groups in total. The summed E-state index contributed by atoms with van der Waals surface area (Å²) >= 11 is 1.51. The summed E-state index contributed by atoms with van der Waals surface area (Å²) in [6.45, 7) is 2.07. The molecular weight excluding hydrogens is 356 g/mol. The minimum atomic E-state index is -0.509. The Morgan fingerprint density at radius 3 is 3.08 bits per heavy atom. The highest BCUT2D eigenvalue weighted by molar-refractivity contribution is 7.15. The van der Waals surface area contributed by atoms with Gasteiger partial charge in [-0.05, 0) is 6.92 Å². The number of hydrogen-bond donors (Lipinski definition) is 2. The van der Waals surface area contributed by atoms with Crippen LogP contribution < -0.4 is 10.9 Å². The number of carbonyl (C=O) groups is 1. The minimum Gasteiger partial charge on any atom is -0.344 e. The predicted octanol–water partition coefficient (Wildman–Crippen LogP) is 0.610. The average Bonchev–Trinajstić information content (AvgIpc) is 3.31. The molecule has 0 radical (unpaired) electrons. The zero-order chi connectivity index (χ0) is 18.1. The van der Waals surface area contributed by atoms with Crippen molar-refractivity contribution in [2.45, 2.75) is 19.5 Å². The number of thiazole rings is 1. The second kappa shape index (κ2) is 6.52. The molecular formula is C15H14N8O2S. The molecule has 1 amide bonds. The maximum absolute atomic E-state index is 12.4. The summed E-state index contributed by atoms with van der Waals surface area (Å²) in [5, 5.41) is 8.64. The van der Waals surface area contributed by atoms with Gasteiger partial charge in [-0.25, -0.2) is 19.6 Å². The Balaban J connectivity index is 1.48. The van der Waals surface area contributed by atoms with E-state index in [0.717, 1.165) is 10.7 Å². The molecule has 1 atom stereocenters. The largest absolute Gasteiger partial charge is 0.344 e. The lowest BCUT2D eigenvalue weighted by molar-refractivity contribution is 0.0937. The number of aromatic amines is 1. The van der Waals surface area contributed by atoms with Crippen LogP contribution in [0.4, 0.5) is 0 Å². The highest BCUT2D eigenvalue weighted by Crippen LogP contribution is 2.16. The fraction of sp³-hybridized carbons (Fsp3) is 0.200. The normalized spacial score (nSPS) is 12.3. The van der Waals surface area contributed by atoms with Crippen molar-refractivity contribution in [3.05, 3.63) is 64.1 Å². The van der Waals surface area contributed by atoms with Crippen LogP contribution in [0.2, 0.25) is 0 Å². The molecule has 0 bridgehead atoms. The van der Waals surface area contributed by atoms with E-state index < -0.39 is 11.5 Å². The van der Waals surface area contributed by atoms with Crippen LogP contribution in [0, 0.1) is 0 Å². The number of aromatic nitrogens is 7. The summed E-state index contributed by atoms with van der Waals surface area (Å²) < 4.78 is 3.40. The number of rotatable bonds is 5. The Kier molecular flexibility index (Phi) is 4.05. The van der Waals surface area contributed by atoms with Gasteiger partial charge in [-0.2, -0.15) is 5.10 Å². The second-order valence-corrected chi connectivity index (χ2v) is 6.49. The molecule has 10 nitrogen and oxygen atoms in total. The van der Waals surface area contributed by atoms with Gasteiger partial charge in [0.1, 0.15) is 30.6 Å². The zero-order valence-corrected chi connectivity index (χ0v) is 14.5. The van der Waals surface area contributed by atoms with E-state index in [-0.39, 0.29) is 18.2 Å². The summed E-state index contributed by atoms with van der Waals surface area (Å²) in [5.74, 6) is -0.116. The summed E-state index contributed by atoms with van der Waals surface area (Å²) in [6, 6.07) is -0.344. The fourth-order valence-electron chi connectivity index (χ4n) is 2.44. The molecule has 0 aromatic carbocycles. The molecule has 0 saturated carbocycles. The summed E-state index contributed by atoms with van der Waals surface area (Å²) in [7, 11) is 0. The first-order valence-corrected chi connectivity index (χ1v) is 8.61. The van der Waals surface area contributed by atoms with Crippen molar-refractivity contribution in [1.82, 2.24) is 39.4 Å². The lowest BCUT2D eigenvalue weighted by Gasteiger charge is -2.11. The summed E-state index contributed by atoms with van der Waals surface area (Å²) in [6.07, 6.45) is 7.91. The first-order chi connectivity index (χ1) is 12.6. The van der Waals surface area contributed by atoms with Gasteiger partial charge in [0.05, 0.1) is 11.7 Å². The van der Waals surface area contributed by atoms with Crippen molar-refractivity contribution in [2.75, 3.05) is 0 Å². The van der Waals surface area contributed by atoms with Gasteiger partial charge in [-0.15, -0.1) is 11.3 Å². The number of carbonyl (C=O) groups excluding carboxylic acids is 1. The molecule has 4 aromatic heterocycles. The van der Waals surface area contributed by atoms with Crippen LogP contribution in [0.5, 0.6) is 0 Å². The van der Waals surface area contributed by atoms with E-state index >= 15 is 0 Å².